The van der Waals surface area contributed by atoms with E-state index in [-0.39, 0.29) is 17.6 Å². The Hall–Kier alpha value is -2.07. The molecule has 0 bridgehead atoms. The lowest BCUT2D eigenvalue weighted by Gasteiger charge is -2.13. The van der Waals surface area contributed by atoms with Crippen LogP contribution >= 0.6 is 0 Å². The molecule has 0 radical (unpaired) electrons. The van der Waals surface area contributed by atoms with Crippen molar-refractivity contribution in [2.24, 2.45) is 0 Å². The van der Waals surface area contributed by atoms with Gasteiger partial charge in [-0.05, 0) is 55.9 Å². The fourth-order valence-electron chi connectivity index (χ4n) is 1.81. The minimum Gasteiger partial charge on any atom is -0.497 e. The monoisotopic (exact) mass is 275 g/mol. The number of methoxy groups -OCH3 is 1. The van der Waals surface area contributed by atoms with E-state index in [1.807, 2.05) is 20.0 Å². The van der Waals surface area contributed by atoms with E-state index >= 15 is 0 Å². The topological polar surface area (TPSA) is 30.5 Å². The third-order valence-corrected chi connectivity index (χ3v) is 3.18. The Kier molecular flexibility index (Phi) is 4.58. The molecule has 2 aromatic carbocycles. The summed E-state index contributed by atoms with van der Waals surface area (Å²) < 4.78 is 24.6. The van der Waals surface area contributed by atoms with Gasteiger partial charge in [0, 0.05) is 6.04 Å². The molecule has 0 aliphatic rings. The molecule has 1 atom stereocenters. The Morgan fingerprint density at radius 1 is 1.05 bits per heavy atom. The van der Waals surface area contributed by atoms with Gasteiger partial charge in [-0.15, -0.1) is 0 Å². The molecule has 0 amide bonds. The number of rotatable bonds is 5. The lowest BCUT2D eigenvalue weighted by molar-refractivity contribution is 0.411. The summed E-state index contributed by atoms with van der Waals surface area (Å²) in [4.78, 5) is 0. The average Bonchev–Trinajstić information content (AvgIpc) is 2.49. The number of nitrogens with one attached hydrogen (secondary N) is 1. The number of halogens is 1. The van der Waals surface area contributed by atoms with Crippen LogP contribution in [-0.4, -0.2) is 14.2 Å². The van der Waals surface area contributed by atoms with Gasteiger partial charge in [-0.1, -0.05) is 6.07 Å². The molecule has 3 nitrogen and oxygen atoms in total. The first kappa shape index (κ1) is 14.3. The highest BCUT2D eigenvalue weighted by atomic mass is 19.1. The molecule has 1 N–H and O–H groups in total. The smallest absolute Gasteiger partial charge is 0.166 e. The fraction of sp³-hybridized carbons (Fsp3) is 0.250. The van der Waals surface area contributed by atoms with Crippen molar-refractivity contribution in [1.82, 2.24) is 5.32 Å². The van der Waals surface area contributed by atoms with E-state index in [0.29, 0.717) is 5.75 Å². The van der Waals surface area contributed by atoms with Gasteiger partial charge in [-0.25, -0.2) is 4.39 Å². The molecule has 2 aromatic rings. The SMILES string of the molecule is CNC(C)c1ccc(Oc2ccc(OC)cc2)c(F)c1. The maximum atomic E-state index is 14.0. The lowest BCUT2D eigenvalue weighted by Crippen LogP contribution is -2.12. The molecular weight excluding hydrogens is 257 g/mol. The third-order valence-electron chi connectivity index (χ3n) is 3.18. The molecule has 0 saturated heterocycles. The highest BCUT2D eigenvalue weighted by Gasteiger charge is 2.09. The van der Waals surface area contributed by atoms with E-state index < -0.39 is 0 Å². The minimum absolute atomic E-state index is 0.0968. The van der Waals surface area contributed by atoms with Crippen LogP contribution < -0.4 is 14.8 Å². The summed E-state index contributed by atoms with van der Waals surface area (Å²) in [6.07, 6.45) is 0. The fourth-order valence-corrected chi connectivity index (χ4v) is 1.81. The molecule has 0 fully saturated rings. The van der Waals surface area contributed by atoms with Crippen LogP contribution in [0.5, 0.6) is 17.2 Å². The van der Waals surface area contributed by atoms with Gasteiger partial charge in [0.1, 0.15) is 11.5 Å². The van der Waals surface area contributed by atoms with Gasteiger partial charge in [-0.3, -0.25) is 0 Å². The summed E-state index contributed by atoms with van der Waals surface area (Å²) in [7, 11) is 3.43. The first-order chi connectivity index (χ1) is 9.63. The maximum Gasteiger partial charge on any atom is 0.166 e. The predicted octanol–water partition coefficient (Wildman–Crippen LogP) is 3.91. The summed E-state index contributed by atoms with van der Waals surface area (Å²) in [5, 5.41) is 3.07. The van der Waals surface area contributed by atoms with Gasteiger partial charge in [0.15, 0.2) is 11.6 Å². The lowest BCUT2D eigenvalue weighted by atomic mass is 10.1. The Bertz CT molecular complexity index is 569. The van der Waals surface area contributed by atoms with Crippen molar-refractivity contribution in [2.45, 2.75) is 13.0 Å². The minimum atomic E-state index is -0.375. The van der Waals surface area contributed by atoms with Crippen LogP contribution in [0.2, 0.25) is 0 Å². The van der Waals surface area contributed by atoms with E-state index in [1.54, 1.807) is 37.4 Å². The van der Waals surface area contributed by atoms with Crippen LogP contribution in [0.25, 0.3) is 0 Å². The van der Waals surface area contributed by atoms with Gasteiger partial charge >= 0.3 is 0 Å². The standard InChI is InChI=1S/C16H18FNO2/c1-11(18-2)12-4-9-16(15(17)10-12)20-14-7-5-13(19-3)6-8-14/h4-11,18H,1-3H3. The molecule has 0 saturated carbocycles. The van der Waals surface area contributed by atoms with Gasteiger partial charge in [0.05, 0.1) is 7.11 Å². The summed E-state index contributed by atoms with van der Waals surface area (Å²) in [5.74, 6) is 1.14. The predicted molar refractivity (Wildman–Crippen MR) is 76.9 cm³/mol. The van der Waals surface area contributed by atoms with Crippen molar-refractivity contribution in [1.29, 1.82) is 0 Å². The number of hydrogen-bond donors (Lipinski definition) is 1. The first-order valence-electron chi connectivity index (χ1n) is 6.42. The first-order valence-corrected chi connectivity index (χ1v) is 6.42. The Morgan fingerprint density at radius 3 is 2.25 bits per heavy atom. The summed E-state index contributed by atoms with van der Waals surface area (Å²) >= 11 is 0. The van der Waals surface area contributed by atoms with E-state index in [2.05, 4.69) is 5.32 Å². The molecule has 0 spiro atoms. The Balaban J connectivity index is 2.16. The normalized spacial score (nSPS) is 12.0. The van der Waals surface area contributed by atoms with Crippen molar-refractivity contribution >= 4 is 0 Å². The molecule has 2 rings (SSSR count). The summed E-state index contributed by atoms with van der Waals surface area (Å²) in [6.45, 7) is 1.97. The third kappa shape index (κ3) is 3.27. The highest BCUT2D eigenvalue weighted by Crippen LogP contribution is 2.28. The number of hydrogen-bond acceptors (Lipinski definition) is 3. The van der Waals surface area contributed by atoms with Crippen LogP contribution in [0.3, 0.4) is 0 Å². The molecule has 4 heteroatoms. The molecule has 0 aliphatic heterocycles. The van der Waals surface area contributed by atoms with E-state index in [0.717, 1.165) is 11.3 Å². The van der Waals surface area contributed by atoms with Crippen LogP contribution in [0.4, 0.5) is 4.39 Å². The van der Waals surface area contributed by atoms with Crippen LogP contribution in [0.15, 0.2) is 42.5 Å². The second kappa shape index (κ2) is 6.39. The molecule has 1 unspecified atom stereocenters. The van der Waals surface area contributed by atoms with Gasteiger partial charge in [-0.2, -0.15) is 0 Å². The van der Waals surface area contributed by atoms with E-state index in [1.165, 1.54) is 6.07 Å². The Morgan fingerprint density at radius 2 is 1.70 bits per heavy atom. The summed E-state index contributed by atoms with van der Waals surface area (Å²) in [6, 6.07) is 12.1. The van der Waals surface area contributed by atoms with Crippen molar-refractivity contribution in [3.63, 3.8) is 0 Å². The van der Waals surface area contributed by atoms with E-state index in [9.17, 15) is 4.39 Å². The Labute approximate surface area is 118 Å². The largest absolute Gasteiger partial charge is 0.497 e. The molecule has 20 heavy (non-hydrogen) atoms. The van der Waals surface area contributed by atoms with E-state index in [4.69, 9.17) is 9.47 Å². The quantitative estimate of drug-likeness (QED) is 0.897. The highest BCUT2D eigenvalue weighted by molar-refractivity contribution is 5.37. The van der Waals surface area contributed by atoms with Crippen molar-refractivity contribution in [2.75, 3.05) is 14.2 Å². The maximum absolute atomic E-state index is 14.0. The zero-order valence-corrected chi connectivity index (χ0v) is 11.8. The van der Waals surface area contributed by atoms with Crippen LogP contribution in [-0.2, 0) is 0 Å². The molecule has 0 aromatic heterocycles. The van der Waals surface area contributed by atoms with Gasteiger partial charge in [0.25, 0.3) is 0 Å². The second-order valence-electron chi connectivity index (χ2n) is 4.48. The zero-order valence-electron chi connectivity index (χ0n) is 11.8. The van der Waals surface area contributed by atoms with Crippen molar-refractivity contribution < 1.29 is 13.9 Å². The second-order valence-corrected chi connectivity index (χ2v) is 4.48. The number of ether oxygens (including phenoxy) is 2. The molecular formula is C16H18FNO2. The molecule has 0 heterocycles. The van der Waals surface area contributed by atoms with Crippen LogP contribution in [0.1, 0.15) is 18.5 Å². The van der Waals surface area contributed by atoms with Gasteiger partial charge in [0.2, 0.25) is 0 Å². The van der Waals surface area contributed by atoms with Crippen molar-refractivity contribution in [3.8, 4) is 17.2 Å². The molecule has 0 aliphatic carbocycles. The molecule has 106 valence electrons. The van der Waals surface area contributed by atoms with Crippen LogP contribution in [0, 0.1) is 5.82 Å². The number of benzene rings is 2. The summed E-state index contributed by atoms with van der Waals surface area (Å²) in [5.41, 5.74) is 0.882. The average molecular weight is 275 g/mol. The van der Waals surface area contributed by atoms with Gasteiger partial charge < -0.3 is 14.8 Å². The van der Waals surface area contributed by atoms with Crippen molar-refractivity contribution in [3.05, 3.63) is 53.8 Å². The zero-order chi connectivity index (χ0) is 14.5.